The van der Waals surface area contributed by atoms with Gasteiger partial charge in [-0.05, 0) is 36.8 Å². The molecular formula is C18H19F3N2O3S. The number of carbonyl (C=O) groups is 1. The lowest BCUT2D eigenvalue weighted by molar-refractivity contribution is -0.137. The summed E-state index contributed by atoms with van der Waals surface area (Å²) in [6, 6.07) is 11.0. The third kappa shape index (κ3) is 5.99. The number of nitrogens with zero attached hydrogens (tertiary/aromatic N) is 1. The van der Waals surface area contributed by atoms with Gasteiger partial charge in [0.1, 0.15) is 6.54 Å². The maximum atomic E-state index is 12.7. The number of halogens is 3. The highest BCUT2D eigenvalue weighted by molar-refractivity contribution is 7.92. The molecule has 0 bridgehead atoms. The second-order valence-corrected chi connectivity index (χ2v) is 7.99. The predicted octanol–water partition coefficient (Wildman–Crippen LogP) is 3.10. The van der Waals surface area contributed by atoms with E-state index >= 15 is 0 Å². The Morgan fingerprint density at radius 1 is 1.11 bits per heavy atom. The van der Waals surface area contributed by atoms with E-state index in [0.717, 1.165) is 46.0 Å². The van der Waals surface area contributed by atoms with Crippen LogP contribution in [0.1, 0.15) is 16.7 Å². The van der Waals surface area contributed by atoms with Crippen LogP contribution in [0.15, 0.2) is 48.5 Å². The van der Waals surface area contributed by atoms with Crippen LogP contribution in [-0.2, 0) is 27.5 Å². The van der Waals surface area contributed by atoms with Gasteiger partial charge in [0, 0.05) is 6.54 Å². The summed E-state index contributed by atoms with van der Waals surface area (Å²) in [6.07, 6.45) is -3.64. The molecule has 146 valence electrons. The minimum absolute atomic E-state index is 0.0174. The first-order valence-electron chi connectivity index (χ1n) is 7.94. The molecule has 2 rings (SSSR count). The SMILES string of the molecule is Cc1cccc(CNC(=O)CN(c2ccc(C(F)(F)F)cc2)S(C)(=O)=O)c1. The van der Waals surface area contributed by atoms with Gasteiger partial charge in [0.15, 0.2) is 0 Å². The van der Waals surface area contributed by atoms with Gasteiger partial charge < -0.3 is 5.32 Å². The molecule has 5 nitrogen and oxygen atoms in total. The van der Waals surface area contributed by atoms with Crippen LogP contribution in [0.4, 0.5) is 18.9 Å². The Bertz CT molecular complexity index is 910. The zero-order chi connectivity index (χ0) is 20.2. The van der Waals surface area contributed by atoms with Gasteiger partial charge in [-0.1, -0.05) is 29.8 Å². The van der Waals surface area contributed by atoms with Crippen molar-refractivity contribution < 1.29 is 26.4 Å². The summed E-state index contributed by atoms with van der Waals surface area (Å²) >= 11 is 0. The van der Waals surface area contributed by atoms with Crippen LogP contribution in [0.25, 0.3) is 0 Å². The number of benzene rings is 2. The number of anilines is 1. The van der Waals surface area contributed by atoms with E-state index in [1.807, 2.05) is 31.2 Å². The molecule has 0 aliphatic heterocycles. The Labute approximate surface area is 155 Å². The lowest BCUT2D eigenvalue weighted by Gasteiger charge is -2.22. The summed E-state index contributed by atoms with van der Waals surface area (Å²) in [6.45, 7) is 1.59. The van der Waals surface area contributed by atoms with Gasteiger partial charge in [0.2, 0.25) is 15.9 Å². The van der Waals surface area contributed by atoms with E-state index in [2.05, 4.69) is 5.32 Å². The van der Waals surface area contributed by atoms with Crippen molar-refractivity contribution in [2.75, 3.05) is 17.1 Å². The van der Waals surface area contributed by atoms with E-state index in [-0.39, 0.29) is 12.2 Å². The van der Waals surface area contributed by atoms with Crippen LogP contribution < -0.4 is 9.62 Å². The quantitative estimate of drug-likeness (QED) is 0.810. The second-order valence-electron chi connectivity index (χ2n) is 6.08. The van der Waals surface area contributed by atoms with Gasteiger partial charge in [-0.3, -0.25) is 9.10 Å². The summed E-state index contributed by atoms with van der Waals surface area (Å²) in [5.74, 6) is -0.568. The van der Waals surface area contributed by atoms with Gasteiger partial charge in [-0.2, -0.15) is 13.2 Å². The minimum Gasteiger partial charge on any atom is -0.350 e. The molecule has 0 saturated heterocycles. The maximum Gasteiger partial charge on any atom is 0.416 e. The van der Waals surface area contributed by atoms with Crippen molar-refractivity contribution in [3.63, 3.8) is 0 Å². The molecule has 9 heteroatoms. The molecule has 1 amide bonds. The highest BCUT2D eigenvalue weighted by atomic mass is 32.2. The summed E-state index contributed by atoms with van der Waals surface area (Å²) in [4.78, 5) is 12.2. The number of alkyl halides is 3. The zero-order valence-electron chi connectivity index (χ0n) is 14.7. The van der Waals surface area contributed by atoms with Gasteiger partial charge >= 0.3 is 6.18 Å². The number of hydrogen-bond donors (Lipinski definition) is 1. The molecule has 0 unspecified atom stereocenters. The first-order chi connectivity index (χ1) is 12.5. The van der Waals surface area contributed by atoms with E-state index in [0.29, 0.717) is 0 Å². The fraction of sp³-hybridized carbons (Fsp3) is 0.278. The predicted molar refractivity (Wildman–Crippen MR) is 96.7 cm³/mol. The molecule has 0 heterocycles. The third-order valence-electron chi connectivity index (χ3n) is 3.74. The number of amides is 1. The molecule has 0 saturated carbocycles. The van der Waals surface area contributed by atoms with Crippen molar-refractivity contribution in [3.8, 4) is 0 Å². The Hall–Kier alpha value is -2.55. The monoisotopic (exact) mass is 400 g/mol. The lowest BCUT2D eigenvalue weighted by atomic mass is 10.1. The van der Waals surface area contributed by atoms with Gasteiger partial charge in [-0.15, -0.1) is 0 Å². The smallest absolute Gasteiger partial charge is 0.350 e. The average molecular weight is 400 g/mol. The van der Waals surface area contributed by atoms with Crippen LogP contribution in [0.5, 0.6) is 0 Å². The van der Waals surface area contributed by atoms with E-state index in [1.165, 1.54) is 0 Å². The number of hydrogen-bond acceptors (Lipinski definition) is 3. The molecule has 0 aliphatic rings. The number of carbonyl (C=O) groups excluding carboxylic acids is 1. The van der Waals surface area contributed by atoms with Crippen molar-refractivity contribution in [2.24, 2.45) is 0 Å². The fourth-order valence-corrected chi connectivity index (χ4v) is 3.28. The summed E-state index contributed by atoms with van der Waals surface area (Å²) in [7, 11) is -3.86. The topological polar surface area (TPSA) is 66.5 Å². The van der Waals surface area contributed by atoms with Crippen molar-refractivity contribution in [1.29, 1.82) is 0 Å². The molecule has 0 radical (unpaired) electrons. The number of sulfonamides is 1. The zero-order valence-corrected chi connectivity index (χ0v) is 15.6. The van der Waals surface area contributed by atoms with E-state index in [1.54, 1.807) is 0 Å². The average Bonchev–Trinajstić information content (AvgIpc) is 2.56. The van der Waals surface area contributed by atoms with Crippen LogP contribution in [0.3, 0.4) is 0 Å². The highest BCUT2D eigenvalue weighted by Crippen LogP contribution is 2.30. The standard InChI is InChI=1S/C18H19F3N2O3S/c1-13-4-3-5-14(10-13)11-22-17(24)12-23(27(2,25)26)16-8-6-15(7-9-16)18(19,20)21/h3-10H,11-12H2,1-2H3,(H,22,24). The van der Waals surface area contributed by atoms with Crippen molar-refractivity contribution >= 4 is 21.6 Å². The molecule has 0 atom stereocenters. The number of aryl methyl sites for hydroxylation is 1. The Balaban J connectivity index is 2.11. The fourth-order valence-electron chi connectivity index (χ4n) is 2.43. The first kappa shape index (κ1) is 20.8. The summed E-state index contributed by atoms with van der Waals surface area (Å²) in [5, 5.41) is 2.61. The van der Waals surface area contributed by atoms with Crippen LogP contribution in [-0.4, -0.2) is 27.1 Å². The van der Waals surface area contributed by atoms with Crippen molar-refractivity contribution in [2.45, 2.75) is 19.6 Å². The van der Waals surface area contributed by atoms with Crippen molar-refractivity contribution in [3.05, 3.63) is 65.2 Å². The third-order valence-corrected chi connectivity index (χ3v) is 4.88. The summed E-state index contributed by atoms with van der Waals surface area (Å²) < 4.78 is 62.7. The van der Waals surface area contributed by atoms with E-state index < -0.39 is 34.2 Å². The first-order valence-corrected chi connectivity index (χ1v) is 9.79. The Morgan fingerprint density at radius 3 is 2.26 bits per heavy atom. The van der Waals surface area contributed by atoms with Gasteiger partial charge in [0.25, 0.3) is 0 Å². The van der Waals surface area contributed by atoms with Crippen molar-refractivity contribution in [1.82, 2.24) is 5.32 Å². The molecule has 0 aromatic heterocycles. The molecule has 2 aromatic carbocycles. The van der Waals surface area contributed by atoms with E-state index in [9.17, 15) is 26.4 Å². The largest absolute Gasteiger partial charge is 0.416 e. The molecule has 0 aliphatic carbocycles. The molecule has 0 fully saturated rings. The molecule has 27 heavy (non-hydrogen) atoms. The second kappa shape index (κ2) is 7.99. The molecule has 1 N–H and O–H groups in total. The highest BCUT2D eigenvalue weighted by Gasteiger charge is 2.30. The van der Waals surface area contributed by atoms with Gasteiger partial charge in [0.05, 0.1) is 17.5 Å². The molecule has 2 aromatic rings. The van der Waals surface area contributed by atoms with Crippen LogP contribution in [0, 0.1) is 6.92 Å². The van der Waals surface area contributed by atoms with Gasteiger partial charge in [-0.25, -0.2) is 8.42 Å². The van der Waals surface area contributed by atoms with Crippen LogP contribution >= 0.6 is 0 Å². The lowest BCUT2D eigenvalue weighted by Crippen LogP contribution is -2.40. The maximum absolute atomic E-state index is 12.7. The van der Waals surface area contributed by atoms with E-state index in [4.69, 9.17) is 0 Å². The molecule has 0 spiro atoms. The van der Waals surface area contributed by atoms with Crippen LogP contribution in [0.2, 0.25) is 0 Å². The Kier molecular flexibility index (Phi) is 6.15. The number of nitrogens with one attached hydrogen (secondary N) is 1. The minimum atomic E-state index is -4.53. The summed E-state index contributed by atoms with van der Waals surface area (Å²) in [5.41, 5.74) is 0.952. The number of rotatable bonds is 6. The Morgan fingerprint density at radius 2 is 1.74 bits per heavy atom. The normalized spacial score (nSPS) is 11.9. The molecular weight excluding hydrogens is 381 g/mol.